The van der Waals surface area contributed by atoms with Crippen LogP contribution in [0.25, 0.3) is 0 Å². The van der Waals surface area contributed by atoms with Gasteiger partial charge >= 0.3 is 0 Å². The van der Waals surface area contributed by atoms with E-state index in [1.807, 2.05) is 6.92 Å². The number of rotatable bonds is 4. The van der Waals surface area contributed by atoms with E-state index in [0.29, 0.717) is 5.69 Å². The average molecular weight is 314 g/mol. The summed E-state index contributed by atoms with van der Waals surface area (Å²) in [6.45, 7) is 1.98. The van der Waals surface area contributed by atoms with Gasteiger partial charge in [0.1, 0.15) is 4.90 Å². The molecule has 1 N–H and O–H groups in total. The maximum Gasteiger partial charge on any atom is 0.267 e. The van der Waals surface area contributed by atoms with Crippen LogP contribution in [0.1, 0.15) is 25.5 Å². The summed E-state index contributed by atoms with van der Waals surface area (Å²) in [5.41, 5.74) is 0.553. The standard InChI is InChI=1S/C13H12F2N2O3S/c1-13(5-6-13)10-7-11(20-16-10)17-21(18,19)9-4-2-3-8(14)12(9)15/h2-4,7,17H,5-6H2,1H3. The molecule has 0 bridgehead atoms. The minimum Gasteiger partial charge on any atom is -0.338 e. The minimum atomic E-state index is -4.28. The zero-order valence-electron chi connectivity index (χ0n) is 11.1. The van der Waals surface area contributed by atoms with E-state index in [9.17, 15) is 17.2 Å². The lowest BCUT2D eigenvalue weighted by Crippen LogP contribution is -2.14. The molecule has 0 atom stereocenters. The molecule has 0 radical (unpaired) electrons. The van der Waals surface area contributed by atoms with Crippen LogP contribution < -0.4 is 4.72 Å². The lowest BCUT2D eigenvalue weighted by molar-refractivity contribution is 0.419. The second kappa shape index (κ2) is 4.52. The summed E-state index contributed by atoms with van der Waals surface area (Å²) < 4.78 is 57.7. The highest BCUT2D eigenvalue weighted by atomic mass is 32.2. The van der Waals surface area contributed by atoms with Crippen molar-refractivity contribution < 1.29 is 21.7 Å². The molecule has 0 unspecified atom stereocenters. The molecule has 1 aliphatic carbocycles. The second-order valence-electron chi connectivity index (χ2n) is 5.29. The van der Waals surface area contributed by atoms with Crippen molar-refractivity contribution in [3.63, 3.8) is 0 Å². The first-order valence-electron chi connectivity index (χ1n) is 6.26. The van der Waals surface area contributed by atoms with E-state index in [1.54, 1.807) is 0 Å². The highest BCUT2D eigenvalue weighted by Crippen LogP contribution is 2.47. The molecule has 1 aromatic heterocycles. The van der Waals surface area contributed by atoms with Gasteiger partial charge in [0.25, 0.3) is 10.0 Å². The van der Waals surface area contributed by atoms with Crippen LogP contribution in [-0.2, 0) is 15.4 Å². The molecule has 0 spiro atoms. The van der Waals surface area contributed by atoms with Crippen molar-refractivity contribution in [2.45, 2.75) is 30.1 Å². The number of sulfonamides is 1. The summed E-state index contributed by atoms with van der Waals surface area (Å²) >= 11 is 0. The van der Waals surface area contributed by atoms with Gasteiger partial charge in [-0.25, -0.2) is 21.9 Å². The maximum absolute atomic E-state index is 13.6. The Bertz CT molecular complexity index is 797. The fourth-order valence-corrected chi connectivity index (χ4v) is 2.99. The van der Waals surface area contributed by atoms with Crippen LogP contribution in [-0.4, -0.2) is 13.6 Å². The Labute approximate surface area is 120 Å². The number of anilines is 1. The fraction of sp³-hybridized carbons (Fsp3) is 0.308. The third kappa shape index (κ3) is 2.51. The predicted octanol–water partition coefficient (Wildman–Crippen LogP) is 2.81. The molecule has 21 heavy (non-hydrogen) atoms. The summed E-state index contributed by atoms with van der Waals surface area (Å²) in [5.74, 6) is -2.79. The average Bonchev–Trinajstić information content (AvgIpc) is 2.98. The summed E-state index contributed by atoms with van der Waals surface area (Å²) in [5, 5.41) is 3.80. The van der Waals surface area contributed by atoms with Crippen LogP contribution in [0, 0.1) is 11.6 Å². The lowest BCUT2D eigenvalue weighted by Gasteiger charge is -2.06. The summed E-state index contributed by atoms with van der Waals surface area (Å²) in [6.07, 6.45) is 1.90. The monoisotopic (exact) mass is 314 g/mol. The van der Waals surface area contributed by atoms with Crippen LogP contribution >= 0.6 is 0 Å². The Morgan fingerprint density at radius 2 is 2.05 bits per heavy atom. The van der Waals surface area contributed by atoms with Crippen molar-refractivity contribution in [1.82, 2.24) is 5.16 Å². The van der Waals surface area contributed by atoms with Gasteiger partial charge in [-0.2, -0.15) is 0 Å². The first-order valence-corrected chi connectivity index (χ1v) is 7.74. The van der Waals surface area contributed by atoms with Gasteiger partial charge < -0.3 is 4.52 Å². The van der Waals surface area contributed by atoms with E-state index in [0.717, 1.165) is 31.0 Å². The van der Waals surface area contributed by atoms with Crippen molar-refractivity contribution in [1.29, 1.82) is 0 Å². The number of hydrogen-bond donors (Lipinski definition) is 1. The zero-order chi connectivity index (χ0) is 15.3. The summed E-state index contributed by atoms with van der Waals surface area (Å²) in [6, 6.07) is 4.39. The Morgan fingerprint density at radius 1 is 1.33 bits per heavy atom. The molecule has 0 amide bonds. The smallest absolute Gasteiger partial charge is 0.267 e. The van der Waals surface area contributed by atoms with Crippen LogP contribution in [0.5, 0.6) is 0 Å². The molecule has 3 rings (SSSR count). The minimum absolute atomic E-state index is 0.0860. The summed E-state index contributed by atoms with van der Waals surface area (Å²) in [7, 11) is -4.28. The van der Waals surface area contributed by atoms with E-state index in [1.165, 1.54) is 6.07 Å². The van der Waals surface area contributed by atoms with E-state index in [2.05, 4.69) is 9.88 Å². The third-order valence-electron chi connectivity index (χ3n) is 3.57. The SMILES string of the molecule is CC1(c2cc(NS(=O)(=O)c3cccc(F)c3F)on2)CC1. The zero-order valence-corrected chi connectivity index (χ0v) is 11.9. The number of nitrogens with zero attached hydrogens (tertiary/aromatic N) is 1. The maximum atomic E-state index is 13.6. The van der Waals surface area contributed by atoms with Gasteiger partial charge in [0.15, 0.2) is 11.6 Å². The molecule has 1 heterocycles. The van der Waals surface area contributed by atoms with Crippen molar-refractivity contribution in [3.8, 4) is 0 Å². The number of halogens is 2. The van der Waals surface area contributed by atoms with Crippen LogP contribution in [0.3, 0.4) is 0 Å². The molecular formula is C13H12F2N2O3S. The van der Waals surface area contributed by atoms with Gasteiger partial charge in [0, 0.05) is 11.5 Å². The first kappa shape index (κ1) is 14.0. The molecular weight excluding hydrogens is 302 g/mol. The second-order valence-corrected chi connectivity index (χ2v) is 6.95. The van der Waals surface area contributed by atoms with E-state index < -0.39 is 26.6 Å². The van der Waals surface area contributed by atoms with Crippen molar-refractivity contribution in [3.05, 3.63) is 41.6 Å². The Balaban J connectivity index is 1.89. The lowest BCUT2D eigenvalue weighted by atomic mass is 10.1. The quantitative estimate of drug-likeness (QED) is 0.942. The van der Waals surface area contributed by atoms with Gasteiger partial charge in [-0.15, -0.1) is 0 Å². The Morgan fingerprint density at radius 3 is 2.71 bits per heavy atom. The molecule has 112 valence electrons. The van der Waals surface area contributed by atoms with Gasteiger partial charge in [0.05, 0.1) is 5.69 Å². The normalized spacial score (nSPS) is 16.7. The van der Waals surface area contributed by atoms with Crippen molar-refractivity contribution >= 4 is 15.9 Å². The first-order chi connectivity index (χ1) is 9.82. The van der Waals surface area contributed by atoms with E-state index in [4.69, 9.17) is 4.52 Å². The molecule has 1 fully saturated rings. The molecule has 0 aliphatic heterocycles. The van der Waals surface area contributed by atoms with E-state index >= 15 is 0 Å². The van der Waals surface area contributed by atoms with Gasteiger partial charge in [-0.3, -0.25) is 0 Å². The third-order valence-corrected chi connectivity index (χ3v) is 4.93. The molecule has 1 aromatic carbocycles. The molecule has 5 nitrogen and oxygen atoms in total. The van der Waals surface area contributed by atoms with Crippen molar-refractivity contribution in [2.75, 3.05) is 4.72 Å². The largest absolute Gasteiger partial charge is 0.338 e. The summed E-state index contributed by atoms with van der Waals surface area (Å²) in [4.78, 5) is -0.780. The topological polar surface area (TPSA) is 72.2 Å². The van der Waals surface area contributed by atoms with Gasteiger partial charge in [-0.05, 0) is 25.0 Å². The van der Waals surface area contributed by atoms with Gasteiger partial charge in [0.2, 0.25) is 5.88 Å². The Kier molecular flexibility index (Phi) is 3.01. The number of nitrogens with one attached hydrogen (secondary N) is 1. The predicted molar refractivity (Wildman–Crippen MR) is 70.3 cm³/mol. The fourth-order valence-electron chi connectivity index (χ4n) is 1.93. The number of benzene rings is 1. The van der Waals surface area contributed by atoms with Crippen LogP contribution in [0.2, 0.25) is 0 Å². The number of aromatic nitrogens is 1. The van der Waals surface area contributed by atoms with Crippen LogP contribution in [0.15, 0.2) is 33.7 Å². The molecule has 1 aliphatic rings. The molecule has 8 heteroatoms. The number of hydrogen-bond acceptors (Lipinski definition) is 4. The van der Waals surface area contributed by atoms with Gasteiger partial charge in [-0.1, -0.05) is 18.1 Å². The molecule has 0 saturated heterocycles. The highest BCUT2D eigenvalue weighted by Gasteiger charge is 2.42. The van der Waals surface area contributed by atoms with E-state index in [-0.39, 0.29) is 11.3 Å². The molecule has 1 saturated carbocycles. The Hall–Kier alpha value is -1.96. The van der Waals surface area contributed by atoms with Crippen LogP contribution in [0.4, 0.5) is 14.7 Å². The highest BCUT2D eigenvalue weighted by molar-refractivity contribution is 7.92. The van der Waals surface area contributed by atoms with Crippen molar-refractivity contribution in [2.24, 2.45) is 0 Å². The molecule has 2 aromatic rings.